The molecule has 0 radical (unpaired) electrons. The molecule has 98 valence electrons. The van der Waals surface area contributed by atoms with Gasteiger partial charge in [-0.05, 0) is 36.8 Å². The number of carbonyl (C=O) groups is 2. The molecule has 1 fully saturated rings. The van der Waals surface area contributed by atoms with Crippen LogP contribution in [0.1, 0.15) is 18.0 Å². The number of aryl methyl sites for hydroxylation is 1. The summed E-state index contributed by atoms with van der Waals surface area (Å²) in [6.07, 6.45) is 0.171. The predicted octanol–water partition coefficient (Wildman–Crippen LogP) is 1.94. The number of aromatic amines is 1. The van der Waals surface area contributed by atoms with Crippen LogP contribution in [0, 0.1) is 11.7 Å². The molecular formula is C13H13N3O2S. The first-order chi connectivity index (χ1) is 8.99. The van der Waals surface area contributed by atoms with Gasteiger partial charge in [-0.15, -0.1) is 0 Å². The SMILES string of the molecule is Cc1ccc2c(c1)[nH]c(=S)n2C1CC(=O)N(C)C1=O. The summed E-state index contributed by atoms with van der Waals surface area (Å²) in [6, 6.07) is 5.34. The van der Waals surface area contributed by atoms with Gasteiger partial charge < -0.3 is 9.55 Å². The number of amides is 2. The van der Waals surface area contributed by atoms with Gasteiger partial charge in [0.2, 0.25) is 5.91 Å². The van der Waals surface area contributed by atoms with Crippen molar-refractivity contribution in [2.24, 2.45) is 0 Å². The van der Waals surface area contributed by atoms with E-state index < -0.39 is 6.04 Å². The lowest BCUT2D eigenvalue weighted by Gasteiger charge is -2.11. The number of fused-ring (bicyclic) bond motifs is 1. The number of H-pyrrole nitrogens is 1. The van der Waals surface area contributed by atoms with Crippen LogP contribution in [0.5, 0.6) is 0 Å². The molecule has 6 heteroatoms. The largest absolute Gasteiger partial charge is 0.331 e. The van der Waals surface area contributed by atoms with Crippen LogP contribution < -0.4 is 0 Å². The maximum absolute atomic E-state index is 12.1. The zero-order chi connectivity index (χ0) is 13.7. The Labute approximate surface area is 114 Å². The van der Waals surface area contributed by atoms with Gasteiger partial charge in [0.1, 0.15) is 6.04 Å². The Bertz CT molecular complexity index is 759. The summed E-state index contributed by atoms with van der Waals surface area (Å²) < 4.78 is 2.22. The van der Waals surface area contributed by atoms with Crippen molar-refractivity contribution in [1.82, 2.24) is 14.5 Å². The number of nitrogens with one attached hydrogen (secondary N) is 1. The van der Waals surface area contributed by atoms with E-state index in [1.165, 1.54) is 11.9 Å². The van der Waals surface area contributed by atoms with Crippen molar-refractivity contribution < 1.29 is 9.59 Å². The van der Waals surface area contributed by atoms with Crippen LogP contribution in [0.2, 0.25) is 0 Å². The highest BCUT2D eigenvalue weighted by atomic mass is 32.1. The average Bonchev–Trinajstić information content (AvgIpc) is 2.80. The van der Waals surface area contributed by atoms with Gasteiger partial charge in [-0.2, -0.15) is 0 Å². The monoisotopic (exact) mass is 275 g/mol. The Hall–Kier alpha value is -1.95. The number of imidazole rings is 1. The fourth-order valence-electron chi connectivity index (χ4n) is 2.49. The highest BCUT2D eigenvalue weighted by Crippen LogP contribution is 2.28. The molecule has 2 heterocycles. The Morgan fingerprint density at radius 2 is 2.11 bits per heavy atom. The second-order valence-corrected chi connectivity index (χ2v) is 5.22. The fraction of sp³-hybridized carbons (Fsp3) is 0.308. The lowest BCUT2D eigenvalue weighted by molar-refractivity contribution is -0.137. The summed E-state index contributed by atoms with van der Waals surface area (Å²) >= 11 is 5.29. The molecule has 5 nitrogen and oxygen atoms in total. The number of hydrogen-bond donors (Lipinski definition) is 1. The van der Waals surface area contributed by atoms with Gasteiger partial charge in [0.05, 0.1) is 17.5 Å². The Kier molecular flexibility index (Phi) is 2.56. The second kappa shape index (κ2) is 4.03. The summed E-state index contributed by atoms with van der Waals surface area (Å²) in [5, 5.41) is 0. The van der Waals surface area contributed by atoms with Gasteiger partial charge in [-0.25, -0.2) is 0 Å². The number of rotatable bonds is 1. The minimum atomic E-state index is -0.526. The van der Waals surface area contributed by atoms with Crippen molar-refractivity contribution in [2.75, 3.05) is 7.05 Å². The van der Waals surface area contributed by atoms with E-state index in [1.807, 2.05) is 25.1 Å². The molecule has 3 rings (SSSR count). The zero-order valence-corrected chi connectivity index (χ0v) is 11.5. The van der Waals surface area contributed by atoms with Crippen LogP contribution >= 0.6 is 12.2 Å². The van der Waals surface area contributed by atoms with Crippen molar-refractivity contribution in [1.29, 1.82) is 0 Å². The number of benzene rings is 1. The maximum atomic E-state index is 12.1. The number of hydrogen-bond acceptors (Lipinski definition) is 3. The molecule has 1 atom stereocenters. The molecule has 1 aliphatic rings. The third-order valence-corrected chi connectivity index (χ3v) is 3.84. The van der Waals surface area contributed by atoms with Crippen molar-refractivity contribution >= 4 is 35.1 Å². The summed E-state index contributed by atoms with van der Waals surface area (Å²) in [4.78, 5) is 28.0. The molecule has 1 aromatic heterocycles. The number of carbonyl (C=O) groups excluding carboxylic acids is 2. The van der Waals surface area contributed by atoms with Crippen molar-refractivity contribution in [3.8, 4) is 0 Å². The molecular weight excluding hydrogens is 262 g/mol. The van der Waals surface area contributed by atoms with Crippen molar-refractivity contribution in [2.45, 2.75) is 19.4 Å². The molecule has 1 aliphatic heterocycles. The van der Waals surface area contributed by atoms with Gasteiger partial charge in [-0.1, -0.05) is 6.07 Å². The van der Waals surface area contributed by atoms with E-state index in [9.17, 15) is 9.59 Å². The fourth-order valence-corrected chi connectivity index (χ4v) is 2.83. The summed E-state index contributed by atoms with van der Waals surface area (Å²) in [5.41, 5.74) is 2.86. The Morgan fingerprint density at radius 1 is 1.37 bits per heavy atom. The number of aromatic nitrogens is 2. The van der Waals surface area contributed by atoms with Gasteiger partial charge in [0.15, 0.2) is 4.77 Å². The molecule has 2 aromatic rings. The van der Waals surface area contributed by atoms with Gasteiger partial charge >= 0.3 is 0 Å². The third kappa shape index (κ3) is 1.71. The Balaban J connectivity index is 2.21. The van der Waals surface area contributed by atoms with E-state index in [1.54, 1.807) is 4.57 Å². The second-order valence-electron chi connectivity index (χ2n) is 4.83. The van der Waals surface area contributed by atoms with Crippen LogP contribution in [0.15, 0.2) is 18.2 Å². The Morgan fingerprint density at radius 3 is 2.74 bits per heavy atom. The third-order valence-electron chi connectivity index (χ3n) is 3.54. The van der Waals surface area contributed by atoms with Crippen LogP contribution in [0.3, 0.4) is 0 Å². The molecule has 0 saturated carbocycles. The summed E-state index contributed by atoms with van der Waals surface area (Å²) in [7, 11) is 1.51. The first kappa shape index (κ1) is 12.1. The predicted molar refractivity (Wildman–Crippen MR) is 73.3 cm³/mol. The number of imide groups is 1. The van der Waals surface area contributed by atoms with Crippen LogP contribution in [-0.4, -0.2) is 33.3 Å². The quantitative estimate of drug-likeness (QED) is 0.639. The lowest BCUT2D eigenvalue weighted by atomic mass is 10.2. The maximum Gasteiger partial charge on any atom is 0.252 e. The minimum absolute atomic E-state index is 0.168. The molecule has 0 spiro atoms. The van der Waals surface area contributed by atoms with E-state index in [-0.39, 0.29) is 18.2 Å². The summed E-state index contributed by atoms with van der Waals surface area (Å²) in [5.74, 6) is -0.374. The van der Waals surface area contributed by atoms with Crippen LogP contribution in [0.25, 0.3) is 11.0 Å². The smallest absolute Gasteiger partial charge is 0.252 e. The molecule has 1 N–H and O–H groups in total. The van der Waals surface area contributed by atoms with Crippen molar-refractivity contribution in [3.05, 3.63) is 28.5 Å². The van der Waals surface area contributed by atoms with Crippen molar-refractivity contribution in [3.63, 3.8) is 0 Å². The first-order valence-corrected chi connectivity index (χ1v) is 6.41. The first-order valence-electron chi connectivity index (χ1n) is 6.00. The van der Waals surface area contributed by atoms with Gasteiger partial charge in [-0.3, -0.25) is 14.5 Å². The topological polar surface area (TPSA) is 58.1 Å². The molecule has 0 bridgehead atoms. The van der Waals surface area contributed by atoms with E-state index in [2.05, 4.69) is 4.98 Å². The highest BCUT2D eigenvalue weighted by Gasteiger charge is 2.38. The lowest BCUT2D eigenvalue weighted by Crippen LogP contribution is -2.26. The van der Waals surface area contributed by atoms with E-state index in [0.29, 0.717) is 4.77 Å². The standard InChI is InChI=1S/C13H13N3O2S/c1-7-3-4-9-8(5-7)14-13(19)16(9)10-6-11(17)15(2)12(10)18/h3-5,10H,6H2,1-2H3,(H,14,19). The molecule has 1 saturated heterocycles. The molecule has 1 aromatic carbocycles. The normalized spacial score (nSPS) is 19.7. The number of nitrogens with zero attached hydrogens (tertiary/aromatic N) is 2. The van der Waals surface area contributed by atoms with E-state index >= 15 is 0 Å². The number of likely N-dealkylation sites (tertiary alicyclic amines) is 1. The van der Waals surface area contributed by atoms with Gasteiger partial charge in [0, 0.05) is 7.05 Å². The van der Waals surface area contributed by atoms with E-state index in [4.69, 9.17) is 12.2 Å². The molecule has 0 aliphatic carbocycles. The van der Waals surface area contributed by atoms with Gasteiger partial charge in [0.25, 0.3) is 5.91 Å². The minimum Gasteiger partial charge on any atom is -0.331 e. The average molecular weight is 275 g/mol. The molecule has 1 unspecified atom stereocenters. The van der Waals surface area contributed by atoms with E-state index in [0.717, 1.165) is 16.6 Å². The summed E-state index contributed by atoms with van der Waals surface area (Å²) in [6.45, 7) is 1.99. The van der Waals surface area contributed by atoms with Crippen LogP contribution in [-0.2, 0) is 9.59 Å². The highest BCUT2D eigenvalue weighted by molar-refractivity contribution is 7.71. The zero-order valence-electron chi connectivity index (χ0n) is 10.6. The number of likely N-dealkylation sites (N-methyl/N-ethyl adjacent to an activating group) is 1. The molecule has 19 heavy (non-hydrogen) atoms. The van der Waals surface area contributed by atoms with Crippen LogP contribution in [0.4, 0.5) is 0 Å². The molecule has 2 amide bonds.